The third-order valence-electron chi connectivity index (χ3n) is 5.84. The van der Waals surface area contributed by atoms with Crippen molar-refractivity contribution in [3.63, 3.8) is 0 Å². The van der Waals surface area contributed by atoms with Gasteiger partial charge in [-0.2, -0.15) is 0 Å². The van der Waals surface area contributed by atoms with Gasteiger partial charge in [-0.25, -0.2) is 0 Å². The molecule has 0 radical (unpaired) electrons. The predicted molar refractivity (Wildman–Crippen MR) is 107 cm³/mol. The highest BCUT2D eigenvalue weighted by Crippen LogP contribution is 2.38. The number of amides is 1. The molecule has 3 atom stereocenters. The minimum Gasteiger partial charge on any atom is -0.481 e. The Morgan fingerprint density at radius 2 is 1.93 bits per heavy atom. The van der Waals surface area contributed by atoms with E-state index in [2.05, 4.69) is 11.8 Å². The summed E-state index contributed by atoms with van der Waals surface area (Å²) in [5, 5.41) is 9.90. The smallest absolute Gasteiger partial charge is 0.304 e. The normalized spacial score (nSPS) is 24.9. The molecule has 7 heteroatoms. The number of carbonyl (C=O) groups excluding carboxylic acids is 1. The van der Waals surface area contributed by atoms with Crippen LogP contribution in [0.1, 0.15) is 44.2 Å². The molecule has 154 valence electrons. The second-order valence-electron chi connectivity index (χ2n) is 7.66. The third-order valence-corrected chi connectivity index (χ3v) is 6.09. The average molecular weight is 409 g/mol. The van der Waals surface area contributed by atoms with Crippen molar-refractivity contribution in [3.05, 3.63) is 34.9 Å². The molecule has 0 aromatic heterocycles. The van der Waals surface area contributed by atoms with Crippen LogP contribution in [0.4, 0.5) is 0 Å². The first-order valence-corrected chi connectivity index (χ1v) is 10.5. The highest BCUT2D eigenvalue weighted by Gasteiger charge is 2.40. The van der Waals surface area contributed by atoms with Crippen LogP contribution in [-0.4, -0.2) is 65.7 Å². The summed E-state index contributed by atoms with van der Waals surface area (Å²) < 4.78 is 5.44. The van der Waals surface area contributed by atoms with Crippen molar-refractivity contribution >= 4 is 23.5 Å². The second kappa shape index (κ2) is 9.72. The van der Waals surface area contributed by atoms with E-state index in [1.165, 1.54) is 0 Å². The van der Waals surface area contributed by atoms with Gasteiger partial charge in [0.15, 0.2) is 0 Å². The number of carboxylic acids is 1. The lowest BCUT2D eigenvalue weighted by molar-refractivity contribution is -0.152. The zero-order valence-electron chi connectivity index (χ0n) is 16.3. The topological polar surface area (TPSA) is 70.1 Å². The molecule has 1 amide bonds. The Balaban J connectivity index is 1.85. The van der Waals surface area contributed by atoms with Gasteiger partial charge < -0.3 is 14.7 Å². The van der Waals surface area contributed by atoms with Gasteiger partial charge in [0.25, 0.3) is 0 Å². The molecule has 3 rings (SSSR count). The number of piperidine rings is 1. The van der Waals surface area contributed by atoms with E-state index in [1.807, 2.05) is 29.2 Å². The number of nitrogens with zero attached hydrogens (tertiary/aromatic N) is 2. The Kier molecular flexibility index (Phi) is 7.32. The fourth-order valence-corrected chi connectivity index (χ4v) is 4.45. The number of hydrogen-bond acceptors (Lipinski definition) is 4. The van der Waals surface area contributed by atoms with E-state index >= 15 is 0 Å². The number of aliphatic carboxylic acids is 1. The highest BCUT2D eigenvalue weighted by molar-refractivity contribution is 6.30. The minimum absolute atomic E-state index is 0.0336. The number of carboxylic acid groups (broad SMARTS) is 1. The lowest BCUT2D eigenvalue weighted by Gasteiger charge is -2.45. The second-order valence-corrected chi connectivity index (χ2v) is 8.10. The van der Waals surface area contributed by atoms with Crippen LogP contribution >= 0.6 is 11.6 Å². The summed E-state index contributed by atoms with van der Waals surface area (Å²) in [5.41, 5.74) is 1.06. The predicted octanol–water partition coefficient (Wildman–Crippen LogP) is 3.21. The molecule has 6 nitrogen and oxygen atoms in total. The molecule has 0 aliphatic carbocycles. The van der Waals surface area contributed by atoms with Crippen LogP contribution in [0.2, 0.25) is 5.02 Å². The summed E-state index contributed by atoms with van der Waals surface area (Å²) in [6.07, 6.45) is 2.09. The molecular weight excluding hydrogens is 380 g/mol. The monoisotopic (exact) mass is 408 g/mol. The Labute approximate surface area is 171 Å². The molecule has 2 aliphatic heterocycles. The number of morpholine rings is 1. The fraction of sp³-hybridized carbons (Fsp3) is 0.619. The largest absolute Gasteiger partial charge is 0.481 e. The molecule has 1 aromatic rings. The van der Waals surface area contributed by atoms with E-state index in [0.717, 1.165) is 38.0 Å². The first kappa shape index (κ1) is 21.1. The zero-order chi connectivity index (χ0) is 20.1. The van der Waals surface area contributed by atoms with Crippen molar-refractivity contribution in [1.29, 1.82) is 0 Å². The van der Waals surface area contributed by atoms with Crippen molar-refractivity contribution in [1.82, 2.24) is 9.80 Å². The van der Waals surface area contributed by atoms with Gasteiger partial charge >= 0.3 is 5.97 Å². The van der Waals surface area contributed by atoms with Crippen molar-refractivity contribution in [3.8, 4) is 0 Å². The van der Waals surface area contributed by atoms with E-state index in [9.17, 15) is 14.7 Å². The fourth-order valence-electron chi connectivity index (χ4n) is 4.33. The maximum atomic E-state index is 13.3. The van der Waals surface area contributed by atoms with Gasteiger partial charge in [-0.15, -0.1) is 0 Å². The zero-order valence-corrected chi connectivity index (χ0v) is 17.1. The lowest BCUT2D eigenvalue weighted by Crippen LogP contribution is -2.54. The van der Waals surface area contributed by atoms with Crippen LogP contribution in [-0.2, 0) is 14.3 Å². The van der Waals surface area contributed by atoms with Crippen LogP contribution in [0, 0.1) is 5.92 Å². The summed E-state index contributed by atoms with van der Waals surface area (Å²) in [7, 11) is 0. The number of ether oxygens (including phenoxy) is 1. The number of rotatable bonds is 7. The van der Waals surface area contributed by atoms with Gasteiger partial charge in [0.05, 0.1) is 25.7 Å². The summed E-state index contributed by atoms with van der Waals surface area (Å²) >= 11 is 6.05. The average Bonchev–Trinajstić information content (AvgIpc) is 2.69. The molecule has 1 N–H and O–H groups in total. The van der Waals surface area contributed by atoms with Gasteiger partial charge in [0.2, 0.25) is 5.91 Å². The van der Waals surface area contributed by atoms with E-state index in [4.69, 9.17) is 16.3 Å². The Bertz CT molecular complexity index is 675. The van der Waals surface area contributed by atoms with Gasteiger partial charge in [-0.1, -0.05) is 30.7 Å². The highest BCUT2D eigenvalue weighted by atomic mass is 35.5. The molecular formula is C21H29ClN2O4. The molecule has 0 spiro atoms. The molecule has 28 heavy (non-hydrogen) atoms. The van der Waals surface area contributed by atoms with Gasteiger partial charge in [-0.3, -0.25) is 14.5 Å². The van der Waals surface area contributed by atoms with Crippen molar-refractivity contribution < 1.29 is 19.4 Å². The van der Waals surface area contributed by atoms with Crippen LogP contribution in [0.3, 0.4) is 0 Å². The maximum Gasteiger partial charge on any atom is 0.304 e. The summed E-state index contributed by atoms with van der Waals surface area (Å²) in [4.78, 5) is 28.9. The first-order valence-electron chi connectivity index (χ1n) is 10.1. The number of halogens is 1. The summed E-state index contributed by atoms with van der Waals surface area (Å²) in [5.74, 6) is -1.39. The van der Waals surface area contributed by atoms with Gasteiger partial charge in [0.1, 0.15) is 0 Å². The number of likely N-dealkylation sites (tertiary alicyclic amines) is 1. The quantitative estimate of drug-likeness (QED) is 0.750. The standard InChI is InChI=1S/C21H29ClN2O4/c1-2-18(14-23-9-11-28-12-10-23)24-19(15-3-6-17(22)7-4-15)8-5-16(21(24)27)13-20(25)26/h3-4,6-7,16,18-19H,2,5,8-14H2,1H3,(H,25,26)/t16-,18?,19+/m1/s1. The first-order chi connectivity index (χ1) is 13.5. The molecule has 2 saturated heterocycles. The Morgan fingerprint density at radius 3 is 2.54 bits per heavy atom. The van der Waals surface area contributed by atoms with Crippen LogP contribution in [0.25, 0.3) is 0 Å². The van der Waals surface area contributed by atoms with E-state index in [1.54, 1.807) is 0 Å². The Morgan fingerprint density at radius 1 is 1.25 bits per heavy atom. The van der Waals surface area contributed by atoms with Crippen molar-refractivity contribution in [2.45, 2.75) is 44.7 Å². The number of hydrogen-bond donors (Lipinski definition) is 1. The minimum atomic E-state index is -0.913. The SMILES string of the molecule is CCC(CN1CCOCC1)N1C(=O)[C@@H](CC(=O)O)CC[C@H]1c1ccc(Cl)cc1. The van der Waals surface area contributed by atoms with E-state index < -0.39 is 11.9 Å². The summed E-state index contributed by atoms with van der Waals surface area (Å²) in [6.45, 7) is 6.04. The van der Waals surface area contributed by atoms with Crippen LogP contribution in [0.5, 0.6) is 0 Å². The number of benzene rings is 1. The van der Waals surface area contributed by atoms with Crippen molar-refractivity contribution in [2.24, 2.45) is 5.92 Å². The molecule has 0 saturated carbocycles. The molecule has 2 aliphatic rings. The van der Waals surface area contributed by atoms with E-state index in [0.29, 0.717) is 24.7 Å². The molecule has 1 unspecified atom stereocenters. The van der Waals surface area contributed by atoms with Crippen LogP contribution in [0.15, 0.2) is 24.3 Å². The van der Waals surface area contributed by atoms with Gasteiger partial charge in [-0.05, 0) is 37.0 Å². The molecule has 0 bridgehead atoms. The molecule has 2 heterocycles. The number of carbonyl (C=O) groups is 2. The van der Waals surface area contributed by atoms with Crippen molar-refractivity contribution in [2.75, 3.05) is 32.8 Å². The molecule has 2 fully saturated rings. The maximum absolute atomic E-state index is 13.3. The summed E-state index contributed by atoms with van der Waals surface area (Å²) in [6, 6.07) is 7.67. The third kappa shape index (κ3) is 5.04. The van der Waals surface area contributed by atoms with Gasteiger partial charge in [0, 0.05) is 36.6 Å². The Hall–Kier alpha value is -1.63. The van der Waals surface area contributed by atoms with E-state index in [-0.39, 0.29) is 24.4 Å². The molecule has 1 aromatic carbocycles. The van der Waals surface area contributed by atoms with Crippen LogP contribution < -0.4 is 0 Å². The lowest BCUT2D eigenvalue weighted by atomic mass is 9.85.